The van der Waals surface area contributed by atoms with Crippen LogP contribution in [-0.2, 0) is 0 Å². The summed E-state index contributed by atoms with van der Waals surface area (Å²) in [6.45, 7) is 9.07. The molecule has 2 heteroatoms. The van der Waals surface area contributed by atoms with E-state index in [9.17, 15) is 5.11 Å². The molecule has 1 saturated carbocycles. The van der Waals surface area contributed by atoms with Crippen molar-refractivity contribution in [1.29, 1.82) is 0 Å². The van der Waals surface area contributed by atoms with E-state index in [0.717, 1.165) is 19.0 Å². The molecule has 1 aliphatic carbocycles. The van der Waals surface area contributed by atoms with Crippen molar-refractivity contribution in [3.63, 3.8) is 0 Å². The molecule has 2 bridgehead atoms. The summed E-state index contributed by atoms with van der Waals surface area (Å²) in [6, 6.07) is 0.640. The van der Waals surface area contributed by atoms with E-state index in [2.05, 4.69) is 25.7 Å². The van der Waals surface area contributed by atoms with E-state index in [4.69, 9.17) is 0 Å². The maximum atomic E-state index is 10.1. The van der Waals surface area contributed by atoms with Gasteiger partial charge in [0.05, 0.1) is 6.10 Å². The third-order valence-electron chi connectivity index (χ3n) is 4.04. The SMILES string of the molecule is CC1CC2CN(C(C)C)CC(C1)C2O. The predicted molar refractivity (Wildman–Crippen MR) is 58.1 cm³/mol. The summed E-state index contributed by atoms with van der Waals surface area (Å²) in [6.07, 6.45) is 2.43. The van der Waals surface area contributed by atoms with Crippen molar-refractivity contribution < 1.29 is 5.11 Å². The van der Waals surface area contributed by atoms with E-state index in [1.165, 1.54) is 12.8 Å². The zero-order chi connectivity index (χ0) is 10.3. The second kappa shape index (κ2) is 3.82. The van der Waals surface area contributed by atoms with Gasteiger partial charge in [-0.15, -0.1) is 0 Å². The molecule has 1 saturated heterocycles. The van der Waals surface area contributed by atoms with Crippen LogP contribution in [0.4, 0.5) is 0 Å². The van der Waals surface area contributed by atoms with E-state index in [0.29, 0.717) is 17.9 Å². The van der Waals surface area contributed by atoms with E-state index in [-0.39, 0.29) is 6.10 Å². The summed E-state index contributed by atoms with van der Waals surface area (Å²) in [4.78, 5) is 2.54. The Morgan fingerprint density at radius 1 is 1.14 bits per heavy atom. The van der Waals surface area contributed by atoms with Crippen LogP contribution in [0.1, 0.15) is 33.6 Å². The van der Waals surface area contributed by atoms with Gasteiger partial charge in [-0.05, 0) is 44.4 Å². The highest BCUT2D eigenvalue weighted by Crippen LogP contribution is 2.38. The number of likely N-dealkylation sites (tertiary alicyclic amines) is 1. The Bertz CT molecular complexity index is 188. The molecule has 2 rings (SSSR count). The van der Waals surface area contributed by atoms with Crippen molar-refractivity contribution in [3.05, 3.63) is 0 Å². The molecule has 0 spiro atoms. The van der Waals surface area contributed by atoms with Crippen molar-refractivity contribution in [2.45, 2.75) is 45.8 Å². The highest BCUT2D eigenvalue weighted by molar-refractivity contribution is 4.93. The summed E-state index contributed by atoms with van der Waals surface area (Å²) in [5.41, 5.74) is 0. The maximum Gasteiger partial charge on any atom is 0.0621 e. The van der Waals surface area contributed by atoms with E-state index in [1.807, 2.05) is 0 Å². The Labute approximate surface area is 87.3 Å². The van der Waals surface area contributed by atoms with Crippen LogP contribution >= 0.6 is 0 Å². The summed E-state index contributed by atoms with van der Waals surface area (Å²) < 4.78 is 0. The van der Waals surface area contributed by atoms with Crippen LogP contribution in [0, 0.1) is 17.8 Å². The molecular formula is C12H23NO. The van der Waals surface area contributed by atoms with Crippen LogP contribution in [0.5, 0.6) is 0 Å². The smallest absolute Gasteiger partial charge is 0.0621 e. The molecule has 1 aliphatic heterocycles. The first-order valence-electron chi connectivity index (χ1n) is 6.00. The molecule has 0 aromatic rings. The lowest BCUT2D eigenvalue weighted by molar-refractivity contribution is -0.0711. The molecule has 82 valence electrons. The average molecular weight is 197 g/mol. The van der Waals surface area contributed by atoms with Crippen LogP contribution in [0.2, 0.25) is 0 Å². The summed E-state index contributed by atoms with van der Waals surface area (Å²) >= 11 is 0. The summed E-state index contributed by atoms with van der Waals surface area (Å²) in [5.74, 6) is 1.91. The van der Waals surface area contributed by atoms with Gasteiger partial charge < -0.3 is 10.0 Å². The lowest BCUT2D eigenvalue weighted by Gasteiger charge is -2.48. The van der Waals surface area contributed by atoms with Gasteiger partial charge in [0, 0.05) is 19.1 Å². The first-order chi connectivity index (χ1) is 6.58. The monoisotopic (exact) mass is 197 g/mol. The lowest BCUT2D eigenvalue weighted by Crippen LogP contribution is -2.54. The maximum absolute atomic E-state index is 10.1. The van der Waals surface area contributed by atoms with Gasteiger partial charge in [0.15, 0.2) is 0 Å². The normalized spacial score (nSPS) is 44.4. The average Bonchev–Trinajstić information content (AvgIpc) is 2.06. The summed E-state index contributed by atoms with van der Waals surface area (Å²) in [5, 5.41) is 10.1. The number of hydrogen-bond donors (Lipinski definition) is 1. The number of piperidine rings is 1. The molecule has 2 unspecified atom stereocenters. The molecule has 2 fully saturated rings. The highest BCUT2D eigenvalue weighted by atomic mass is 16.3. The fourth-order valence-corrected chi connectivity index (χ4v) is 3.26. The van der Waals surface area contributed by atoms with Gasteiger partial charge in [-0.2, -0.15) is 0 Å². The van der Waals surface area contributed by atoms with Crippen LogP contribution < -0.4 is 0 Å². The fourth-order valence-electron chi connectivity index (χ4n) is 3.26. The molecular weight excluding hydrogens is 174 g/mol. The topological polar surface area (TPSA) is 23.5 Å². The van der Waals surface area contributed by atoms with E-state index < -0.39 is 0 Å². The largest absolute Gasteiger partial charge is 0.392 e. The molecule has 0 amide bonds. The van der Waals surface area contributed by atoms with Crippen LogP contribution in [0.15, 0.2) is 0 Å². The first kappa shape index (κ1) is 10.4. The van der Waals surface area contributed by atoms with Crippen molar-refractivity contribution in [2.24, 2.45) is 17.8 Å². The third kappa shape index (κ3) is 1.82. The number of hydrogen-bond acceptors (Lipinski definition) is 2. The first-order valence-corrected chi connectivity index (χ1v) is 6.00. The third-order valence-corrected chi connectivity index (χ3v) is 4.04. The van der Waals surface area contributed by atoms with Crippen molar-refractivity contribution in [3.8, 4) is 0 Å². The quantitative estimate of drug-likeness (QED) is 0.692. The van der Waals surface area contributed by atoms with Crippen molar-refractivity contribution in [2.75, 3.05) is 13.1 Å². The Balaban J connectivity index is 2.05. The Kier molecular flexibility index (Phi) is 2.85. The van der Waals surface area contributed by atoms with Gasteiger partial charge in [-0.25, -0.2) is 0 Å². The predicted octanol–water partition coefficient (Wildman–Crippen LogP) is 1.73. The molecule has 2 aliphatic rings. The zero-order valence-electron chi connectivity index (χ0n) is 9.61. The number of aliphatic hydroxyl groups is 1. The molecule has 14 heavy (non-hydrogen) atoms. The Morgan fingerprint density at radius 2 is 1.64 bits per heavy atom. The van der Waals surface area contributed by atoms with Crippen molar-refractivity contribution in [1.82, 2.24) is 4.90 Å². The van der Waals surface area contributed by atoms with Crippen molar-refractivity contribution >= 4 is 0 Å². The molecule has 2 nitrogen and oxygen atoms in total. The molecule has 0 radical (unpaired) electrons. The lowest BCUT2D eigenvalue weighted by atomic mass is 9.70. The molecule has 0 aromatic carbocycles. The second-order valence-corrected chi connectivity index (χ2v) is 5.63. The molecule has 1 N–H and O–H groups in total. The fraction of sp³-hybridized carbons (Fsp3) is 1.00. The zero-order valence-corrected chi connectivity index (χ0v) is 9.61. The van der Waals surface area contributed by atoms with Crippen LogP contribution in [0.25, 0.3) is 0 Å². The Hall–Kier alpha value is -0.0800. The van der Waals surface area contributed by atoms with Crippen LogP contribution in [0.3, 0.4) is 0 Å². The van der Waals surface area contributed by atoms with Gasteiger partial charge >= 0.3 is 0 Å². The standard InChI is InChI=1S/C12H23NO/c1-8(2)13-6-10-4-9(3)5-11(7-13)12(10)14/h8-12,14H,4-7H2,1-3H3. The van der Waals surface area contributed by atoms with Gasteiger partial charge in [0.1, 0.15) is 0 Å². The molecule has 2 atom stereocenters. The highest BCUT2D eigenvalue weighted by Gasteiger charge is 2.41. The van der Waals surface area contributed by atoms with Gasteiger partial charge in [-0.3, -0.25) is 0 Å². The van der Waals surface area contributed by atoms with Gasteiger partial charge in [0.25, 0.3) is 0 Å². The summed E-state index contributed by atoms with van der Waals surface area (Å²) in [7, 11) is 0. The van der Waals surface area contributed by atoms with E-state index >= 15 is 0 Å². The minimum absolute atomic E-state index is 0.0128. The van der Waals surface area contributed by atoms with E-state index in [1.54, 1.807) is 0 Å². The number of nitrogens with zero attached hydrogens (tertiary/aromatic N) is 1. The molecule has 0 aromatic heterocycles. The number of fused-ring (bicyclic) bond motifs is 2. The second-order valence-electron chi connectivity index (χ2n) is 5.63. The van der Waals surface area contributed by atoms with Gasteiger partial charge in [0.2, 0.25) is 0 Å². The number of rotatable bonds is 1. The Morgan fingerprint density at radius 3 is 2.07 bits per heavy atom. The van der Waals surface area contributed by atoms with Crippen LogP contribution in [-0.4, -0.2) is 35.2 Å². The minimum atomic E-state index is -0.0128. The minimum Gasteiger partial charge on any atom is -0.392 e. The van der Waals surface area contributed by atoms with Gasteiger partial charge in [-0.1, -0.05) is 6.92 Å². The number of aliphatic hydroxyl groups excluding tert-OH is 1. The molecule has 1 heterocycles.